The first-order chi connectivity index (χ1) is 11.3. The molecule has 1 N–H and O–H groups in total. The van der Waals surface area contributed by atoms with Gasteiger partial charge in [0.1, 0.15) is 0 Å². The van der Waals surface area contributed by atoms with E-state index < -0.39 is 0 Å². The van der Waals surface area contributed by atoms with Crippen molar-refractivity contribution in [1.29, 1.82) is 0 Å². The fraction of sp³-hybridized carbons (Fsp3) is 0.353. The second-order valence-electron chi connectivity index (χ2n) is 6.01. The number of H-pyrrole nitrogens is 1. The third-order valence-corrected chi connectivity index (χ3v) is 4.59. The highest BCUT2D eigenvalue weighted by Gasteiger charge is 2.27. The zero-order valence-electron chi connectivity index (χ0n) is 12.9. The molecule has 1 aliphatic heterocycles. The molecule has 1 aliphatic rings. The number of hydrogen-bond donors (Lipinski definition) is 1. The van der Waals surface area contributed by atoms with Gasteiger partial charge in [-0.1, -0.05) is 18.2 Å². The van der Waals surface area contributed by atoms with Crippen molar-refractivity contribution in [1.82, 2.24) is 24.9 Å². The number of amides is 1. The molecule has 1 saturated heterocycles. The molecule has 3 heterocycles. The molecular weight excluding hydrogens is 290 g/mol. The Labute approximate surface area is 134 Å². The predicted molar refractivity (Wildman–Crippen MR) is 86.9 cm³/mol. The van der Waals surface area contributed by atoms with Crippen molar-refractivity contribution in [3.63, 3.8) is 0 Å². The van der Waals surface area contributed by atoms with Crippen LogP contribution in [0, 0.1) is 0 Å². The van der Waals surface area contributed by atoms with E-state index >= 15 is 0 Å². The van der Waals surface area contributed by atoms with E-state index in [0.717, 1.165) is 36.1 Å². The summed E-state index contributed by atoms with van der Waals surface area (Å²) < 4.78 is 1.91. The highest BCUT2D eigenvalue weighted by Crippen LogP contribution is 2.26. The highest BCUT2D eigenvalue weighted by molar-refractivity contribution is 5.79. The van der Waals surface area contributed by atoms with Crippen LogP contribution in [0.25, 0.3) is 10.9 Å². The largest absolute Gasteiger partial charge is 0.342 e. The van der Waals surface area contributed by atoms with E-state index in [0.29, 0.717) is 18.9 Å². The number of rotatable bonds is 4. The average molecular weight is 309 g/mol. The molecule has 0 aliphatic carbocycles. The number of hydrogen-bond acceptors (Lipinski definition) is 3. The van der Waals surface area contributed by atoms with E-state index in [4.69, 9.17) is 0 Å². The van der Waals surface area contributed by atoms with Crippen LogP contribution in [0.3, 0.4) is 0 Å². The second kappa shape index (κ2) is 5.87. The Morgan fingerprint density at radius 3 is 3.09 bits per heavy atom. The molecule has 3 aromatic rings. The third-order valence-electron chi connectivity index (χ3n) is 4.59. The minimum atomic E-state index is 0.201. The molecule has 0 spiro atoms. The summed E-state index contributed by atoms with van der Waals surface area (Å²) in [5, 5.41) is 12.5. The van der Waals surface area contributed by atoms with E-state index in [1.807, 2.05) is 46.1 Å². The van der Waals surface area contributed by atoms with Crippen LogP contribution in [0.5, 0.6) is 0 Å². The molecule has 1 unspecified atom stereocenters. The first kappa shape index (κ1) is 14.0. The maximum absolute atomic E-state index is 12.5. The summed E-state index contributed by atoms with van der Waals surface area (Å²) in [6.45, 7) is 2.22. The number of nitrogens with one attached hydrogen (secondary N) is 1. The van der Waals surface area contributed by atoms with Crippen molar-refractivity contribution < 1.29 is 4.79 Å². The number of carbonyl (C=O) groups is 1. The molecule has 1 aromatic carbocycles. The van der Waals surface area contributed by atoms with Crippen molar-refractivity contribution in [2.24, 2.45) is 0 Å². The van der Waals surface area contributed by atoms with Crippen LogP contribution >= 0.6 is 0 Å². The lowest BCUT2D eigenvalue weighted by atomic mass is 10.1. The fourth-order valence-electron chi connectivity index (χ4n) is 3.30. The molecule has 118 valence electrons. The minimum Gasteiger partial charge on any atom is -0.342 e. The fourth-order valence-corrected chi connectivity index (χ4v) is 3.30. The van der Waals surface area contributed by atoms with Gasteiger partial charge in [-0.05, 0) is 18.6 Å². The monoisotopic (exact) mass is 309 g/mol. The molecule has 23 heavy (non-hydrogen) atoms. The molecule has 6 heteroatoms. The molecule has 0 radical (unpaired) electrons. The van der Waals surface area contributed by atoms with E-state index in [9.17, 15) is 4.79 Å². The lowest BCUT2D eigenvalue weighted by molar-refractivity contribution is -0.130. The number of aryl methyl sites for hydroxylation is 1. The predicted octanol–water partition coefficient (Wildman–Crippen LogP) is 2.17. The quantitative estimate of drug-likeness (QED) is 0.803. The number of aromatic amines is 1. The summed E-state index contributed by atoms with van der Waals surface area (Å²) in [6, 6.07) is 10.1. The molecule has 1 fully saturated rings. The van der Waals surface area contributed by atoms with Gasteiger partial charge in [0.2, 0.25) is 5.91 Å². The van der Waals surface area contributed by atoms with Crippen molar-refractivity contribution in [2.45, 2.75) is 25.3 Å². The van der Waals surface area contributed by atoms with Gasteiger partial charge in [-0.2, -0.15) is 10.2 Å². The summed E-state index contributed by atoms with van der Waals surface area (Å²) in [5.41, 5.74) is 2.20. The van der Waals surface area contributed by atoms with Crippen molar-refractivity contribution in [3.05, 3.63) is 48.4 Å². The van der Waals surface area contributed by atoms with E-state index in [1.54, 1.807) is 6.20 Å². The molecule has 6 nitrogen and oxygen atoms in total. The number of para-hydroxylation sites is 1. The molecule has 1 amide bonds. The van der Waals surface area contributed by atoms with Crippen LogP contribution in [-0.2, 0) is 11.3 Å². The van der Waals surface area contributed by atoms with Crippen molar-refractivity contribution in [3.8, 4) is 0 Å². The summed E-state index contributed by atoms with van der Waals surface area (Å²) >= 11 is 0. The summed E-state index contributed by atoms with van der Waals surface area (Å²) in [5.74, 6) is 0.582. The Morgan fingerprint density at radius 1 is 1.30 bits per heavy atom. The van der Waals surface area contributed by atoms with Crippen LogP contribution in [0.15, 0.2) is 42.7 Å². The van der Waals surface area contributed by atoms with Gasteiger partial charge in [0, 0.05) is 42.7 Å². The van der Waals surface area contributed by atoms with Crippen molar-refractivity contribution >= 4 is 16.8 Å². The lowest BCUT2D eigenvalue weighted by Gasteiger charge is -2.16. The van der Waals surface area contributed by atoms with Gasteiger partial charge >= 0.3 is 0 Å². The number of benzene rings is 1. The molecule has 0 saturated carbocycles. The second-order valence-corrected chi connectivity index (χ2v) is 6.01. The Bertz CT molecular complexity index is 807. The Morgan fingerprint density at radius 2 is 2.22 bits per heavy atom. The minimum absolute atomic E-state index is 0.201. The summed E-state index contributed by atoms with van der Waals surface area (Å²) in [6.07, 6.45) is 5.10. The van der Waals surface area contributed by atoms with Gasteiger partial charge in [0.25, 0.3) is 0 Å². The molecule has 1 atom stereocenters. The zero-order chi connectivity index (χ0) is 15.6. The topological polar surface area (TPSA) is 66.8 Å². The lowest BCUT2D eigenvalue weighted by Crippen LogP contribution is -2.29. The van der Waals surface area contributed by atoms with E-state index in [2.05, 4.69) is 15.3 Å². The van der Waals surface area contributed by atoms with Gasteiger partial charge < -0.3 is 4.90 Å². The average Bonchev–Trinajstić information content (AvgIpc) is 3.31. The van der Waals surface area contributed by atoms with Gasteiger partial charge in [0.05, 0.1) is 18.3 Å². The molecule has 2 aromatic heterocycles. The molecular formula is C17H19N5O. The van der Waals surface area contributed by atoms with Gasteiger partial charge in [-0.3, -0.25) is 14.6 Å². The molecule has 4 rings (SSSR count). The standard InChI is InChI=1S/C17H19N5O/c23-17(21-9-6-14(12-21)15-5-8-18-20-15)7-10-22-16-4-2-1-3-13(16)11-19-22/h1-5,8,11,14H,6-7,9-10,12H2,(H,18,20). The smallest absolute Gasteiger partial charge is 0.224 e. The Hall–Kier alpha value is -2.63. The van der Waals surface area contributed by atoms with E-state index in [1.165, 1.54) is 0 Å². The maximum Gasteiger partial charge on any atom is 0.224 e. The van der Waals surface area contributed by atoms with E-state index in [-0.39, 0.29) is 5.91 Å². The summed E-state index contributed by atoms with van der Waals surface area (Å²) in [4.78, 5) is 14.4. The van der Waals surface area contributed by atoms with Gasteiger partial charge in [-0.15, -0.1) is 0 Å². The number of fused-ring (bicyclic) bond motifs is 1. The number of likely N-dealkylation sites (tertiary alicyclic amines) is 1. The van der Waals surface area contributed by atoms with Crippen LogP contribution < -0.4 is 0 Å². The SMILES string of the molecule is O=C(CCn1ncc2ccccc21)N1CCC(c2ccn[nH]2)C1. The third kappa shape index (κ3) is 2.72. The highest BCUT2D eigenvalue weighted by atomic mass is 16.2. The Kier molecular flexibility index (Phi) is 3.57. The van der Waals surface area contributed by atoms with Gasteiger partial charge in [-0.25, -0.2) is 0 Å². The van der Waals surface area contributed by atoms with Crippen LogP contribution in [-0.4, -0.2) is 43.9 Å². The maximum atomic E-state index is 12.5. The summed E-state index contributed by atoms with van der Waals surface area (Å²) in [7, 11) is 0. The normalized spacial score (nSPS) is 17.9. The zero-order valence-corrected chi connectivity index (χ0v) is 12.9. The van der Waals surface area contributed by atoms with Crippen LogP contribution in [0.1, 0.15) is 24.5 Å². The number of carbonyl (C=O) groups excluding carboxylic acids is 1. The van der Waals surface area contributed by atoms with Crippen molar-refractivity contribution in [2.75, 3.05) is 13.1 Å². The van der Waals surface area contributed by atoms with Crippen LogP contribution in [0.4, 0.5) is 0 Å². The van der Waals surface area contributed by atoms with Gasteiger partial charge in [0.15, 0.2) is 0 Å². The number of aromatic nitrogens is 4. The Balaban J connectivity index is 1.37. The van der Waals surface area contributed by atoms with Crippen LogP contribution in [0.2, 0.25) is 0 Å². The first-order valence-corrected chi connectivity index (χ1v) is 7.99. The molecule has 0 bridgehead atoms. The number of nitrogens with zero attached hydrogens (tertiary/aromatic N) is 4. The first-order valence-electron chi connectivity index (χ1n) is 7.99.